The van der Waals surface area contributed by atoms with Gasteiger partial charge in [-0.15, -0.1) is 0 Å². The number of likely N-dealkylation sites (tertiary alicyclic amines) is 1. The molecule has 1 amide bonds. The molecule has 2 aliphatic rings. The van der Waals surface area contributed by atoms with Crippen LogP contribution in [0.4, 0.5) is 0 Å². The van der Waals surface area contributed by atoms with E-state index in [9.17, 15) is 9.90 Å². The summed E-state index contributed by atoms with van der Waals surface area (Å²) in [6, 6.07) is 5.54. The first kappa shape index (κ1) is 16.1. The maximum Gasteiger partial charge on any atom is 0.230 e. The molecule has 1 saturated heterocycles. The molecule has 1 fully saturated rings. The smallest absolute Gasteiger partial charge is 0.230 e. The number of phenolic OH excluding ortho intramolecular Hbond substituents is 1. The molecule has 0 saturated carbocycles. The summed E-state index contributed by atoms with van der Waals surface area (Å²) in [6.45, 7) is 3.26. The van der Waals surface area contributed by atoms with Gasteiger partial charge in [0.25, 0.3) is 0 Å². The van der Waals surface area contributed by atoms with Crippen LogP contribution in [0.25, 0.3) is 0 Å². The van der Waals surface area contributed by atoms with E-state index in [1.54, 1.807) is 6.07 Å². The molecule has 6 heteroatoms. The van der Waals surface area contributed by atoms with Gasteiger partial charge < -0.3 is 14.5 Å². The van der Waals surface area contributed by atoms with Crippen LogP contribution in [0.15, 0.2) is 22.7 Å². The number of benzene rings is 1. The number of amides is 1. The minimum atomic E-state index is -0.127. The molecule has 1 unspecified atom stereocenters. The van der Waals surface area contributed by atoms with Crippen molar-refractivity contribution in [3.8, 4) is 5.75 Å². The van der Waals surface area contributed by atoms with Crippen molar-refractivity contribution >= 4 is 5.91 Å². The van der Waals surface area contributed by atoms with Crippen LogP contribution < -0.4 is 0 Å². The Morgan fingerprint density at radius 2 is 2.08 bits per heavy atom. The zero-order valence-electron chi connectivity index (χ0n) is 14.4. The Hall–Kier alpha value is -2.37. The fraction of sp³-hybridized carbons (Fsp3) is 0.526. The van der Waals surface area contributed by atoms with E-state index in [2.05, 4.69) is 10.1 Å². The zero-order chi connectivity index (χ0) is 17.4. The molecule has 1 aromatic carbocycles. The molecule has 0 bridgehead atoms. The number of hydrogen-bond donors (Lipinski definition) is 1. The quantitative estimate of drug-likeness (QED) is 0.908. The summed E-state index contributed by atoms with van der Waals surface area (Å²) in [6.07, 6.45) is 4.36. The molecule has 2 heterocycles. The van der Waals surface area contributed by atoms with Crippen molar-refractivity contribution in [3.63, 3.8) is 0 Å². The van der Waals surface area contributed by atoms with Crippen LogP contribution >= 0.6 is 0 Å². The topological polar surface area (TPSA) is 79.5 Å². The molecule has 2 aromatic rings. The van der Waals surface area contributed by atoms with E-state index in [1.807, 2.05) is 24.0 Å². The third kappa shape index (κ3) is 3.01. The van der Waals surface area contributed by atoms with E-state index >= 15 is 0 Å². The Labute approximate surface area is 146 Å². The summed E-state index contributed by atoms with van der Waals surface area (Å²) in [7, 11) is 0. The van der Waals surface area contributed by atoms with Crippen LogP contribution in [0.1, 0.15) is 60.4 Å². The second kappa shape index (κ2) is 6.50. The normalized spacial score (nSPS) is 21.2. The van der Waals surface area contributed by atoms with E-state index in [-0.39, 0.29) is 17.7 Å². The van der Waals surface area contributed by atoms with E-state index in [4.69, 9.17) is 4.52 Å². The summed E-state index contributed by atoms with van der Waals surface area (Å²) in [5.74, 6) is 1.97. The number of fused-ring (bicyclic) bond motifs is 1. The van der Waals surface area contributed by atoms with Crippen molar-refractivity contribution in [1.82, 2.24) is 15.0 Å². The van der Waals surface area contributed by atoms with Crippen molar-refractivity contribution in [2.75, 3.05) is 13.1 Å². The van der Waals surface area contributed by atoms with Gasteiger partial charge in [0.05, 0.1) is 5.92 Å². The van der Waals surface area contributed by atoms with Crippen molar-refractivity contribution in [2.45, 2.75) is 50.9 Å². The van der Waals surface area contributed by atoms with E-state index in [0.29, 0.717) is 17.5 Å². The second-order valence-corrected chi connectivity index (χ2v) is 7.07. The van der Waals surface area contributed by atoms with Gasteiger partial charge in [0.2, 0.25) is 11.8 Å². The predicted molar refractivity (Wildman–Crippen MR) is 91.4 cm³/mol. The molecule has 4 rings (SSSR count). The van der Waals surface area contributed by atoms with Crippen LogP contribution in [-0.2, 0) is 11.2 Å². The molecular weight excluding hydrogens is 318 g/mol. The summed E-state index contributed by atoms with van der Waals surface area (Å²) in [5, 5.41) is 13.9. The van der Waals surface area contributed by atoms with Crippen LogP contribution in [0.5, 0.6) is 5.75 Å². The highest BCUT2D eigenvalue weighted by Crippen LogP contribution is 2.38. The molecule has 1 N–H and O–H groups in total. The standard InChI is InChI=1S/C19H23N3O3/c1-12-20-18(25-21-12)13-8-10-22(11-9-13)19(24)16-6-2-5-15-14(16)4-3-7-17(15)23/h3-4,7,13,16,23H,2,5-6,8-11H2,1H3. The first-order valence-electron chi connectivity index (χ1n) is 9.03. The average molecular weight is 341 g/mol. The number of rotatable bonds is 2. The second-order valence-electron chi connectivity index (χ2n) is 7.07. The largest absolute Gasteiger partial charge is 0.508 e. The average Bonchev–Trinajstić information content (AvgIpc) is 3.08. The molecule has 6 nitrogen and oxygen atoms in total. The van der Waals surface area contributed by atoms with Crippen LogP contribution in [0.2, 0.25) is 0 Å². The molecular formula is C19H23N3O3. The number of carbonyl (C=O) groups excluding carboxylic acids is 1. The molecule has 1 aliphatic heterocycles. The summed E-state index contributed by atoms with van der Waals surface area (Å²) in [4.78, 5) is 19.4. The highest BCUT2D eigenvalue weighted by molar-refractivity contribution is 5.84. The molecule has 1 aromatic heterocycles. The number of carbonyl (C=O) groups is 1. The van der Waals surface area contributed by atoms with Crippen LogP contribution in [0, 0.1) is 6.92 Å². The number of nitrogens with zero attached hydrogens (tertiary/aromatic N) is 3. The van der Waals surface area contributed by atoms with E-state index in [0.717, 1.165) is 56.3 Å². The molecule has 25 heavy (non-hydrogen) atoms. The Bertz CT molecular complexity index is 778. The predicted octanol–water partition coefficient (Wildman–Crippen LogP) is 2.91. The van der Waals surface area contributed by atoms with Crippen molar-refractivity contribution < 1.29 is 14.4 Å². The number of aryl methyl sites for hydroxylation is 1. The number of aromatic hydroxyl groups is 1. The minimum Gasteiger partial charge on any atom is -0.508 e. The van der Waals surface area contributed by atoms with Gasteiger partial charge in [-0.25, -0.2) is 0 Å². The van der Waals surface area contributed by atoms with Gasteiger partial charge in [0, 0.05) is 19.0 Å². The van der Waals surface area contributed by atoms with Gasteiger partial charge in [0.15, 0.2) is 5.82 Å². The fourth-order valence-corrected chi connectivity index (χ4v) is 4.13. The lowest BCUT2D eigenvalue weighted by Gasteiger charge is -2.35. The lowest BCUT2D eigenvalue weighted by Crippen LogP contribution is -2.41. The Balaban J connectivity index is 1.46. The first-order valence-corrected chi connectivity index (χ1v) is 9.03. The molecule has 0 radical (unpaired) electrons. The van der Waals surface area contributed by atoms with E-state index in [1.165, 1.54) is 0 Å². The van der Waals surface area contributed by atoms with E-state index < -0.39 is 0 Å². The molecule has 1 atom stereocenters. The third-order valence-corrected chi connectivity index (χ3v) is 5.48. The third-order valence-electron chi connectivity index (χ3n) is 5.48. The molecule has 132 valence electrons. The lowest BCUT2D eigenvalue weighted by molar-refractivity contribution is -0.134. The maximum absolute atomic E-state index is 13.1. The summed E-state index contributed by atoms with van der Waals surface area (Å²) < 4.78 is 5.28. The lowest BCUT2D eigenvalue weighted by atomic mass is 9.81. The number of phenols is 1. The number of aromatic nitrogens is 2. The molecule has 1 aliphatic carbocycles. The van der Waals surface area contributed by atoms with Crippen molar-refractivity contribution in [1.29, 1.82) is 0 Å². The van der Waals surface area contributed by atoms with Gasteiger partial charge in [-0.2, -0.15) is 4.98 Å². The van der Waals surface area contributed by atoms with Crippen LogP contribution in [0.3, 0.4) is 0 Å². The first-order chi connectivity index (χ1) is 12.1. The SMILES string of the molecule is Cc1noc(C2CCN(C(=O)C3CCCc4c(O)cccc43)CC2)n1. The Morgan fingerprint density at radius 3 is 2.80 bits per heavy atom. The monoisotopic (exact) mass is 341 g/mol. The Kier molecular flexibility index (Phi) is 4.19. The molecule has 0 spiro atoms. The van der Waals surface area contributed by atoms with Crippen molar-refractivity contribution in [2.24, 2.45) is 0 Å². The maximum atomic E-state index is 13.1. The minimum absolute atomic E-state index is 0.127. The summed E-state index contributed by atoms with van der Waals surface area (Å²) in [5.41, 5.74) is 1.95. The zero-order valence-corrected chi connectivity index (χ0v) is 14.4. The highest BCUT2D eigenvalue weighted by atomic mass is 16.5. The summed E-state index contributed by atoms with van der Waals surface area (Å²) >= 11 is 0. The Morgan fingerprint density at radius 1 is 1.28 bits per heavy atom. The van der Waals surface area contributed by atoms with Gasteiger partial charge in [-0.3, -0.25) is 4.79 Å². The van der Waals surface area contributed by atoms with Gasteiger partial charge in [-0.05, 0) is 56.2 Å². The van der Waals surface area contributed by atoms with Crippen molar-refractivity contribution in [3.05, 3.63) is 41.0 Å². The number of hydrogen-bond acceptors (Lipinski definition) is 5. The number of piperidine rings is 1. The van der Waals surface area contributed by atoms with Gasteiger partial charge >= 0.3 is 0 Å². The van der Waals surface area contributed by atoms with Gasteiger partial charge in [-0.1, -0.05) is 17.3 Å². The fourth-order valence-electron chi connectivity index (χ4n) is 4.13. The van der Waals surface area contributed by atoms with Gasteiger partial charge in [0.1, 0.15) is 5.75 Å². The van der Waals surface area contributed by atoms with Crippen LogP contribution in [-0.4, -0.2) is 39.1 Å². The highest BCUT2D eigenvalue weighted by Gasteiger charge is 2.34.